The van der Waals surface area contributed by atoms with Crippen molar-refractivity contribution in [3.05, 3.63) is 29.8 Å². The first-order valence-electron chi connectivity index (χ1n) is 7.21. The van der Waals surface area contributed by atoms with Gasteiger partial charge in [-0.1, -0.05) is 18.2 Å². The lowest BCUT2D eigenvalue weighted by Crippen LogP contribution is -2.43. The maximum atomic E-state index is 12.2. The second-order valence-corrected chi connectivity index (χ2v) is 5.87. The van der Waals surface area contributed by atoms with E-state index in [1.165, 1.54) is 0 Å². The number of rotatable bonds is 5. The zero-order valence-corrected chi connectivity index (χ0v) is 13.8. The Morgan fingerprint density at radius 1 is 1.43 bits per heavy atom. The van der Waals surface area contributed by atoms with E-state index in [-0.39, 0.29) is 18.3 Å². The zero-order chi connectivity index (χ0) is 14.6. The summed E-state index contributed by atoms with van der Waals surface area (Å²) in [5.74, 6) is 0.886. The summed E-state index contributed by atoms with van der Waals surface area (Å²) in [5.41, 5.74) is 0.553. The van der Waals surface area contributed by atoms with Crippen LogP contribution in [0, 0.1) is 0 Å². The van der Waals surface area contributed by atoms with Gasteiger partial charge in [0.25, 0.3) is 0 Å². The number of halogens is 1. The molecule has 1 unspecified atom stereocenters. The van der Waals surface area contributed by atoms with Crippen LogP contribution in [0.2, 0.25) is 0 Å². The van der Waals surface area contributed by atoms with Gasteiger partial charge in [-0.05, 0) is 39.3 Å². The number of para-hydroxylation sites is 1. The summed E-state index contributed by atoms with van der Waals surface area (Å²) >= 11 is 0. The van der Waals surface area contributed by atoms with Gasteiger partial charge < -0.3 is 15.4 Å². The molecule has 5 heteroatoms. The largest absolute Gasteiger partial charge is 0.496 e. The number of benzene rings is 1. The molecule has 1 aromatic carbocycles. The number of hydrogen-bond acceptors (Lipinski definition) is 3. The van der Waals surface area contributed by atoms with Gasteiger partial charge in [-0.2, -0.15) is 0 Å². The second-order valence-electron chi connectivity index (χ2n) is 5.87. The Morgan fingerprint density at radius 3 is 2.76 bits per heavy atom. The molecule has 1 aliphatic rings. The predicted octanol–water partition coefficient (Wildman–Crippen LogP) is 2.61. The van der Waals surface area contributed by atoms with Gasteiger partial charge in [0.05, 0.1) is 12.6 Å². The van der Waals surface area contributed by atoms with Crippen LogP contribution in [-0.2, 0) is 10.3 Å². The van der Waals surface area contributed by atoms with Crippen LogP contribution in [0.5, 0.6) is 5.75 Å². The Labute approximate surface area is 133 Å². The molecule has 1 saturated heterocycles. The molecule has 2 rings (SSSR count). The lowest BCUT2D eigenvalue weighted by Gasteiger charge is -2.29. The molecule has 0 aliphatic carbocycles. The van der Waals surface area contributed by atoms with Gasteiger partial charge in [-0.15, -0.1) is 12.4 Å². The predicted molar refractivity (Wildman–Crippen MR) is 87.1 cm³/mol. The minimum atomic E-state index is -0.442. The molecule has 0 radical (unpaired) electrons. The lowest BCUT2D eigenvalue weighted by molar-refractivity contribution is -0.123. The molecule has 2 N–H and O–H groups in total. The second kappa shape index (κ2) is 7.66. The first kappa shape index (κ1) is 17.8. The zero-order valence-electron chi connectivity index (χ0n) is 12.9. The lowest BCUT2D eigenvalue weighted by atomic mass is 9.93. The third kappa shape index (κ3) is 4.61. The van der Waals surface area contributed by atoms with Crippen LogP contribution in [0.25, 0.3) is 0 Å². The highest BCUT2D eigenvalue weighted by atomic mass is 35.5. The molecule has 1 atom stereocenters. The normalized spacial score (nSPS) is 18.0. The average Bonchev–Trinajstić information content (AvgIpc) is 2.90. The Kier molecular flexibility index (Phi) is 6.49. The van der Waals surface area contributed by atoms with Crippen molar-refractivity contribution < 1.29 is 9.53 Å². The molecule has 118 valence electrons. The van der Waals surface area contributed by atoms with Gasteiger partial charge in [0.1, 0.15) is 5.75 Å². The monoisotopic (exact) mass is 312 g/mol. The topological polar surface area (TPSA) is 50.4 Å². The Hall–Kier alpha value is -1.26. The van der Waals surface area contributed by atoms with Crippen LogP contribution >= 0.6 is 12.4 Å². The summed E-state index contributed by atoms with van der Waals surface area (Å²) in [4.78, 5) is 12.2. The molecule has 1 fully saturated rings. The molecule has 0 saturated carbocycles. The molecular formula is C16H25ClN2O2. The smallest absolute Gasteiger partial charge is 0.222 e. The van der Waals surface area contributed by atoms with E-state index in [0.29, 0.717) is 12.5 Å². The van der Waals surface area contributed by atoms with Gasteiger partial charge in [-0.3, -0.25) is 4.79 Å². The molecule has 0 bridgehead atoms. The van der Waals surface area contributed by atoms with Crippen molar-refractivity contribution in [3.8, 4) is 5.75 Å². The number of amides is 1. The fourth-order valence-electron chi connectivity index (χ4n) is 2.78. The summed E-state index contributed by atoms with van der Waals surface area (Å²) in [5, 5.41) is 6.47. The highest BCUT2D eigenvalue weighted by Gasteiger charge is 2.27. The van der Waals surface area contributed by atoms with E-state index in [0.717, 1.165) is 30.7 Å². The Balaban J connectivity index is 0.00000220. The number of nitrogens with one attached hydrogen (secondary N) is 2. The van der Waals surface area contributed by atoms with Crippen molar-refractivity contribution in [1.29, 1.82) is 0 Å². The van der Waals surface area contributed by atoms with E-state index >= 15 is 0 Å². The third-order valence-corrected chi connectivity index (χ3v) is 3.83. The minimum Gasteiger partial charge on any atom is -0.496 e. The first-order chi connectivity index (χ1) is 9.53. The number of carbonyl (C=O) groups is 1. The molecule has 1 heterocycles. The Morgan fingerprint density at radius 2 is 2.14 bits per heavy atom. The van der Waals surface area contributed by atoms with Crippen molar-refractivity contribution in [2.45, 2.75) is 44.7 Å². The molecular weight excluding hydrogens is 288 g/mol. The van der Waals surface area contributed by atoms with Gasteiger partial charge in [-0.25, -0.2) is 0 Å². The minimum absolute atomic E-state index is 0. The SMILES string of the molecule is COc1ccccc1C(C)(C)NC(=O)CC1CCCN1.Cl. The van der Waals surface area contributed by atoms with Crippen molar-refractivity contribution in [2.24, 2.45) is 0 Å². The molecule has 4 nitrogen and oxygen atoms in total. The number of ether oxygens (including phenoxy) is 1. The fraction of sp³-hybridized carbons (Fsp3) is 0.562. The standard InChI is InChI=1S/C16H24N2O2.ClH/c1-16(2,13-8-4-5-9-14(13)20-3)18-15(19)11-12-7-6-10-17-12;/h4-5,8-9,12,17H,6-7,10-11H2,1-3H3,(H,18,19);1H. The van der Waals surface area contributed by atoms with Gasteiger partial charge in [0.2, 0.25) is 5.91 Å². The molecule has 1 aliphatic heterocycles. The highest BCUT2D eigenvalue weighted by Crippen LogP contribution is 2.29. The summed E-state index contributed by atoms with van der Waals surface area (Å²) in [6, 6.07) is 8.13. The number of methoxy groups -OCH3 is 1. The van der Waals surface area contributed by atoms with Crippen LogP contribution in [0.3, 0.4) is 0 Å². The molecule has 21 heavy (non-hydrogen) atoms. The van der Waals surface area contributed by atoms with E-state index in [1.807, 2.05) is 38.1 Å². The maximum Gasteiger partial charge on any atom is 0.222 e. The van der Waals surface area contributed by atoms with E-state index in [4.69, 9.17) is 4.74 Å². The summed E-state index contributed by atoms with van der Waals surface area (Å²) < 4.78 is 5.38. The van der Waals surface area contributed by atoms with Crippen LogP contribution in [-0.4, -0.2) is 25.6 Å². The first-order valence-corrected chi connectivity index (χ1v) is 7.21. The quantitative estimate of drug-likeness (QED) is 0.878. The number of hydrogen-bond donors (Lipinski definition) is 2. The Bertz CT molecular complexity index is 471. The van der Waals surface area contributed by atoms with E-state index in [2.05, 4.69) is 10.6 Å². The third-order valence-electron chi connectivity index (χ3n) is 3.83. The van der Waals surface area contributed by atoms with Gasteiger partial charge in [0, 0.05) is 18.0 Å². The summed E-state index contributed by atoms with van der Waals surface area (Å²) in [6.45, 7) is 5.03. The maximum absolute atomic E-state index is 12.2. The van der Waals surface area contributed by atoms with Crippen molar-refractivity contribution in [3.63, 3.8) is 0 Å². The van der Waals surface area contributed by atoms with Crippen molar-refractivity contribution in [1.82, 2.24) is 10.6 Å². The summed E-state index contributed by atoms with van der Waals surface area (Å²) in [6.07, 6.45) is 2.79. The van der Waals surface area contributed by atoms with Gasteiger partial charge >= 0.3 is 0 Å². The van der Waals surface area contributed by atoms with E-state index in [1.54, 1.807) is 7.11 Å². The van der Waals surface area contributed by atoms with Crippen molar-refractivity contribution >= 4 is 18.3 Å². The van der Waals surface area contributed by atoms with Gasteiger partial charge in [0.15, 0.2) is 0 Å². The summed E-state index contributed by atoms with van der Waals surface area (Å²) in [7, 11) is 1.65. The molecule has 0 spiro atoms. The molecule has 1 amide bonds. The van der Waals surface area contributed by atoms with Crippen LogP contribution < -0.4 is 15.4 Å². The highest BCUT2D eigenvalue weighted by molar-refractivity contribution is 5.85. The van der Waals surface area contributed by atoms with Crippen molar-refractivity contribution in [2.75, 3.05) is 13.7 Å². The van der Waals surface area contributed by atoms with Crippen LogP contribution in [0.15, 0.2) is 24.3 Å². The van der Waals surface area contributed by atoms with Crippen LogP contribution in [0.1, 0.15) is 38.7 Å². The molecule has 1 aromatic rings. The fourth-order valence-corrected chi connectivity index (χ4v) is 2.78. The average molecular weight is 313 g/mol. The van der Waals surface area contributed by atoms with Crippen LogP contribution in [0.4, 0.5) is 0 Å². The molecule has 0 aromatic heterocycles. The van der Waals surface area contributed by atoms with E-state index < -0.39 is 5.54 Å². The number of carbonyl (C=O) groups excluding carboxylic acids is 1. The van der Waals surface area contributed by atoms with E-state index in [9.17, 15) is 4.79 Å².